The van der Waals surface area contributed by atoms with Crippen LogP contribution in [0.5, 0.6) is 0 Å². The van der Waals surface area contributed by atoms with Crippen molar-refractivity contribution in [2.75, 3.05) is 11.4 Å². The lowest BCUT2D eigenvalue weighted by Gasteiger charge is -2.23. The summed E-state index contributed by atoms with van der Waals surface area (Å²) in [5, 5.41) is 6.83. The predicted octanol–water partition coefficient (Wildman–Crippen LogP) is 3.27. The molecule has 0 aliphatic heterocycles. The average molecular weight is 267 g/mol. The maximum absolute atomic E-state index is 4.78. The van der Waals surface area contributed by atoms with Crippen LogP contribution in [-0.2, 0) is 6.54 Å². The Morgan fingerprint density at radius 1 is 1.39 bits per heavy atom. The van der Waals surface area contributed by atoms with Gasteiger partial charge in [0.1, 0.15) is 0 Å². The molecule has 3 nitrogen and oxygen atoms in total. The summed E-state index contributed by atoms with van der Waals surface area (Å²) in [6.45, 7) is 10.9. The minimum absolute atomic E-state index is 0.519. The van der Waals surface area contributed by atoms with Crippen molar-refractivity contribution >= 4 is 16.5 Å². The fourth-order valence-electron chi connectivity index (χ4n) is 1.98. The predicted molar refractivity (Wildman–Crippen MR) is 79.3 cm³/mol. The standard InChI is InChI=1S/C14H25N3S/c1-10(2)8-17(13-5-6-13)14-16-12(9-18-14)7-15-11(3)4/h9-11,13,15H,5-8H2,1-4H3. The number of thiazole rings is 1. The molecule has 0 amide bonds. The van der Waals surface area contributed by atoms with Crippen LogP contribution in [-0.4, -0.2) is 23.6 Å². The van der Waals surface area contributed by atoms with Crippen molar-refractivity contribution in [1.82, 2.24) is 10.3 Å². The first-order chi connectivity index (χ1) is 8.56. The quantitative estimate of drug-likeness (QED) is 0.822. The van der Waals surface area contributed by atoms with Crippen LogP contribution in [0.4, 0.5) is 5.13 Å². The number of aromatic nitrogens is 1. The molecule has 0 spiro atoms. The summed E-state index contributed by atoms with van der Waals surface area (Å²) in [5.74, 6) is 0.701. The van der Waals surface area contributed by atoms with Gasteiger partial charge >= 0.3 is 0 Å². The Morgan fingerprint density at radius 2 is 2.11 bits per heavy atom. The fraction of sp³-hybridized carbons (Fsp3) is 0.786. The summed E-state index contributed by atoms with van der Waals surface area (Å²) >= 11 is 1.79. The van der Waals surface area contributed by atoms with Gasteiger partial charge in [-0.05, 0) is 18.8 Å². The molecule has 4 heteroatoms. The molecule has 0 aromatic carbocycles. The molecule has 1 heterocycles. The minimum atomic E-state index is 0.519. The van der Waals surface area contributed by atoms with E-state index in [0.29, 0.717) is 12.0 Å². The fourth-order valence-corrected chi connectivity index (χ4v) is 2.89. The third kappa shape index (κ3) is 3.95. The van der Waals surface area contributed by atoms with Gasteiger partial charge in [0.2, 0.25) is 0 Å². The molecule has 0 saturated heterocycles. The smallest absolute Gasteiger partial charge is 0.185 e. The number of anilines is 1. The van der Waals surface area contributed by atoms with Crippen LogP contribution in [0, 0.1) is 5.92 Å². The van der Waals surface area contributed by atoms with E-state index in [9.17, 15) is 0 Å². The zero-order valence-corrected chi connectivity index (χ0v) is 12.8. The average Bonchev–Trinajstić information content (AvgIpc) is 3.02. The van der Waals surface area contributed by atoms with Gasteiger partial charge in [-0.1, -0.05) is 27.7 Å². The topological polar surface area (TPSA) is 28.2 Å². The lowest BCUT2D eigenvalue weighted by molar-refractivity contribution is 0.580. The van der Waals surface area contributed by atoms with Gasteiger partial charge in [-0.2, -0.15) is 0 Å². The monoisotopic (exact) mass is 267 g/mol. The minimum Gasteiger partial charge on any atom is -0.345 e. The van der Waals surface area contributed by atoms with Crippen LogP contribution in [0.25, 0.3) is 0 Å². The first kappa shape index (κ1) is 13.8. The Balaban J connectivity index is 1.97. The molecule has 1 aliphatic rings. The summed E-state index contributed by atoms with van der Waals surface area (Å²) < 4.78 is 0. The molecular formula is C14H25N3S. The summed E-state index contributed by atoms with van der Waals surface area (Å²) in [6.07, 6.45) is 2.68. The number of rotatable bonds is 7. The molecule has 0 unspecified atom stereocenters. The Morgan fingerprint density at radius 3 is 2.67 bits per heavy atom. The van der Waals surface area contributed by atoms with Crippen molar-refractivity contribution in [1.29, 1.82) is 0 Å². The van der Waals surface area contributed by atoms with Crippen LogP contribution in [0.2, 0.25) is 0 Å². The van der Waals surface area contributed by atoms with Gasteiger partial charge in [-0.15, -0.1) is 11.3 Å². The Kier molecular flexibility index (Phi) is 4.62. The van der Waals surface area contributed by atoms with Gasteiger partial charge in [-0.25, -0.2) is 4.98 Å². The Bertz CT molecular complexity index is 369. The largest absolute Gasteiger partial charge is 0.345 e. The molecule has 1 fully saturated rings. The summed E-state index contributed by atoms with van der Waals surface area (Å²) in [4.78, 5) is 7.29. The molecule has 0 radical (unpaired) electrons. The number of nitrogens with zero attached hydrogens (tertiary/aromatic N) is 2. The SMILES string of the molecule is CC(C)CN(c1nc(CNC(C)C)cs1)C1CC1. The van der Waals surface area contributed by atoms with Gasteiger partial charge in [0.15, 0.2) is 5.13 Å². The van der Waals surface area contributed by atoms with Crippen molar-refractivity contribution in [2.24, 2.45) is 5.92 Å². The van der Waals surface area contributed by atoms with Crippen molar-refractivity contribution in [3.8, 4) is 0 Å². The first-order valence-electron chi connectivity index (χ1n) is 7.00. The van der Waals surface area contributed by atoms with E-state index in [0.717, 1.165) is 19.1 Å². The number of hydrogen-bond acceptors (Lipinski definition) is 4. The van der Waals surface area contributed by atoms with Gasteiger partial charge in [0.05, 0.1) is 5.69 Å². The van der Waals surface area contributed by atoms with Gasteiger partial charge in [0.25, 0.3) is 0 Å². The second kappa shape index (κ2) is 6.02. The van der Waals surface area contributed by atoms with E-state index in [4.69, 9.17) is 4.98 Å². The van der Waals surface area contributed by atoms with E-state index in [1.165, 1.54) is 23.7 Å². The highest BCUT2D eigenvalue weighted by Crippen LogP contribution is 2.34. The molecule has 0 bridgehead atoms. The molecule has 1 N–H and O–H groups in total. The third-order valence-electron chi connectivity index (χ3n) is 3.03. The second-order valence-corrected chi connectivity index (χ2v) is 6.77. The van der Waals surface area contributed by atoms with Crippen LogP contribution >= 0.6 is 11.3 Å². The van der Waals surface area contributed by atoms with E-state index in [2.05, 4.69) is 43.3 Å². The Labute approximate surface area is 115 Å². The second-order valence-electron chi connectivity index (χ2n) is 5.93. The van der Waals surface area contributed by atoms with Crippen molar-refractivity contribution in [3.63, 3.8) is 0 Å². The Hall–Kier alpha value is -0.610. The normalized spacial score (nSPS) is 15.7. The molecule has 1 saturated carbocycles. The van der Waals surface area contributed by atoms with Crippen LogP contribution in [0.15, 0.2) is 5.38 Å². The molecule has 2 rings (SSSR count). The molecule has 18 heavy (non-hydrogen) atoms. The molecule has 1 aliphatic carbocycles. The third-order valence-corrected chi connectivity index (χ3v) is 3.95. The van der Waals surface area contributed by atoms with E-state index in [1.54, 1.807) is 11.3 Å². The lowest BCUT2D eigenvalue weighted by atomic mass is 10.2. The molecule has 0 atom stereocenters. The van der Waals surface area contributed by atoms with E-state index < -0.39 is 0 Å². The van der Waals surface area contributed by atoms with Crippen molar-refractivity contribution in [2.45, 2.75) is 59.2 Å². The van der Waals surface area contributed by atoms with E-state index in [1.807, 2.05) is 0 Å². The zero-order chi connectivity index (χ0) is 13.1. The molecule has 1 aromatic rings. The van der Waals surface area contributed by atoms with Gasteiger partial charge in [0, 0.05) is 30.6 Å². The first-order valence-corrected chi connectivity index (χ1v) is 7.88. The maximum Gasteiger partial charge on any atom is 0.185 e. The number of hydrogen-bond donors (Lipinski definition) is 1. The van der Waals surface area contributed by atoms with Crippen LogP contribution < -0.4 is 10.2 Å². The molecular weight excluding hydrogens is 242 g/mol. The van der Waals surface area contributed by atoms with Gasteiger partial charge in [-0.3, -0.25) is 0 Å². The summed E-state index contributed by atoms with van der Waals surface area (Å²) in [5.41, 5.74) is 1.18. The maximum atomic E-state index is 4.78. The molecule has 102 valence electrons. The number of nitrogens with one attached hydrogen (secondary N) is 1. The van der Waals surface area contributed by atoms with E-state index in [-0.39, 0.29) is 0 Å². The van der Waals surface area contributed by atoms with Gasteiger partial charge < -0.3 is 10.2 Å². The van der Waals surface area contributed by atoms with Crippen molar-refractivity contribution < 1.29 is 0 Å². The highest BCUT2D eigenvalue weighted by atomic mass is 32.1. The summed E-state index contributed by atoms with van der Waals surface area (Å²) in [7, 11) is 0. The van der Waals surface area contributed by atoms with Crippen molar-refractivity contribution in [3.05, 3.63) is 11.1 Å². The summed E-state index contributed by atoms with van der Waals surface area (Å²) in [6, 6.07) is 1.27. The van der Waals surface area contributed by atoms with Crippen LogP contribution in [0.3, 0.4) is 0 Å². The van der Waals surface area contributed by atoms with Crippen LogP contribution in [0.1, 0.15) is 46.2 Å². The molecule has 1 aromatic heterocycles. The highest BCUT2D eigenvalue weighted by molar-refractivity contribution is 7.13. The zero-order valence-electron chi connectivity index (χ0n) is 11.9. The lowest BCUT2D eigenvalue weighted by Crippen LogP contribution is -2.29. The highest BCUT2D eigenvalue weighted by Gasteiger charge is 2.31. The van der Waals surface area contributed by atoms with E-state index >= 15 is 0 Å².